The van der Waals surface area contributed by atoms with Crippen LogP contribution >= 0.6 is 0 Å². The van der Waals surface area contributed by atoms with Gasteiger partial charge in [-0.2, -0.15) is 0 Å². The van der Waals surface area contributed by atoms with E-state index in [1.54, 1.807) is 0 Å². The number of pyridine rings is 1. The molecule has 0 saturated heterocycles. The van der Waals surface area contributed by atoms with Gasteiger partial charge in [0.1, 0.15) is 0 Å². The summed E-state index contributed by atoms with van der Waals surface area (Å²) in [7, 11) is 0. The number of nitrogens with zero attached hydrogens (tertiary/aromatic N) is 1. The van der Waals surface area contributed by atoms with Gasteiger partial charge in [0.25, 0.3) is 0 Å². The molecule has 1 heterocycles. The first kappa shape index (κ1) is 10.4. The molecule has 1 aromatic carbocycles. The van der Waals surface area contributed by atoms with Crippen LogP contribution in [-0.2, 0) is 0 Å². The maximum absolute atomic E-state index is 4.53. The number of hydrogen-bond acceptors (Lipinski definition) is 2. The van der Waals surface area contributed by atoms with E-state index in [1.807, 2.05) is 12.3 Å². The minimum Gasteiger partial charge on any atom is -0.380 e. The van der Waals surface area contributed by atoms with Gasteiger partial charge in [-0.15, -0.1) is 0 Å². The highest BCUT2D eigenvalue weighted by atomic mass is 15.0. The summed E-state index contributed by atoms with van der Waals surface area (Å²) in [6.45, 7) is 0. The Labute approximate surface area is 107 Å². The molecular weight excluding hydrogens is 220 g/mol. The lowest BCUT2D eigenvalue weighted by Gasteiger charge is -2.19. The fraction of sp³-hybridized carbons (Fsp3) is 0.438. The second kappa shape index (κ2) is 3.98. The summed E-state index contributed by atoms with van der Waals surface area (Å²) in [4.78, 5) is 4.53. The maximum Gasteiger partial charge on any atom is 0.0933 e. The fourth-order valence-electron chi connectivity index (χ4n) is 2.93. The second-order valence-corrected chi connectivity index (χ2v) is 5.73. The number of aromatic nitrogens is 1. The van der Waals surface area contributed by atoms with Gasteiger partial charge in [0.15, 0.2) is 0 Å². The highest BCUT2D eigenvalue weighted by molar-refractivity contribution is 5.90. The third-order valence-electron chi connectivity index (χ3n) is 4.21. The van der Waals surface area contributed by atoms with Crippen LogP contribution in [0.4, 0.5) is 5.69 Å². The molecular formula is C16H18N2. The molecule has 0 bridgehead atoms. The van der Waals surface area contributed by atoms with Crippen LogP contribution in [0.15, 0.2) is 36.5 Å². The van der Waals surface area contributed by atoms with E-state index < -0.39 is 0 Å². The first-order valence-electron chi connectivity index (χ1n) is 7.02. The Morgan fingerprint density at radius 3 is 2.44 bits per heavy atom. The van der Waals surface area contributed by atoms with Gasteiger partial charge >= 0.3 is 0 Å². The second-order valence-electron chi connectivity index (χ2n) is 5.73. The lowest BCUT2D eigenvalue weighted by atomic mass is 10.1. The summed E-state index contributed by atoms with van der Waals surface area (Å²) < 4.78 is 0. The Bertz CT molecular complexity index is 553. The molecule has 1 N–H and O–H groups in total. The van der Waals surface area contributed by atoms with Gasteiger partial charge in [-0.3, -0.25) is 4.98 Å². The van der Waals surface area contributed by atoms with Crippen molar-refractivity contribution in [1.29, 1.82) is 0 Å². The summed E-state index contributed by atoms with van der Waals surface area (Å²) in [5, 5.41) is 5.01. The van der Waals surface area contributed by atoms with E-state index in [1.165, 1.54) is 36.8 Å². The van der Waals surface area contributed by atoms with Crippen molar-refractivity contribution in [2.24, 2.45) is 11.8 Å². The number of fused-ring (bicyclic) bond motifs is 1. The van der Waals surface area contributed by atoms with Gasteiger partial charge in [0.2, 0.25) is 0 Å². The SMILES string of the molecule is c1cnc2c(NC(C3CC3)C3CC3)cccc2c1. The molecule has 0 amide bonds. The quantitative estimate of drug-likeness (QED) is 0.875. The molecule has 1 aromatic heterocycles. The summed E-state index contributed by atoms with van der Waals surface area (Å²) in [6.07, 6.45) is 7.52. The Balaban J connectivity index is 1.68. The summed E-state index contributed by atoms with van der Waals surface area (Å²) >= 11 is 0. The number of para-hydroxylation sites is 1. The Hall–Kier alpha value is -1.57. The molecule has 0 unspecified atom stereocenters. The zero-order chi connectivity index (χ0) is 11.9. The van der Waals surface area contributed by atoms with Crippen LogP contribution < -0.4 is 5.32 Å². The zero-order valence-electron chi connectivity index (χ0n) is 10.5. The molecule has 2 aliphatic rings. The average molecular weight is 238 g/mol. The third kappa shape index (κ3) is 1.86. The third-order valence-corrected chi connectivity index (χ3v) is 4.21. The highest BCUT2D eigenvalue weighted by Gasteiger charge is 2.41. The molecule has 92 valence electrons. The van der Waals surface area contributed by atoms with Gasteiger partial charge in [-0.25, -0.2) is 0 Å². The van der Waals surface area contributed by atoms with Crippen molar-refractivity contribution in [1.82, 2.24) is 4.98 Å². The largest absolute Gasteiger partial charge is 0.380 e. The first-order valence-corrected chi connectivity index (χ1v) is 7.02. The van der Waals surface area contributed by atoms with Crippen molar-refractivity contribution in [2.45, 2.75) is 31.7 Å². The summed E-state index contributed by atoms with van der Waals surface area (Å²) in [5.41, 5.74) is 2.34. The summed E-state index contributed by atoms with van der Waals surface area (Å²) in [5.74, 6) is 1.83. The minimum atomic E-state index is 0.692. The molecule has 2 aromatic rings. The van der Waals surface area contributed by atoms with Gasteiger partial charge < -0.3 is 5.32 Å². The van der Waals surface area contributed by atoms with Gasteiger partial charge in [0, 0.05) is 17.6 Å². The van der Waals surface area contributed by atoms with Crippen molar-refractivity contribution in [3.63, 3.8) is 0 Å². The van der Waals surface area contributed by atoms with E-state index in [4.69, 9.17) is 0 Å². The fourth-order valence-corrected chi connectivity index (χ4v) is 2.93. The van der Waals surface area contributed by atoms with Crippen LogP contribution in [0.25, 0.3) is 10.9 Å². The highest BCUT2D eigenvalue weighted by Crippen LogP contribution is 2.46. The molecule has 0 aliphatic heterocycles. The molecule has 2 saturated carbocycles. The van der Waals surface area contributed by atoms with Crippen LogP contribution in [0.1, 0.15) is 25.7 Å². The molecule has 0 spiro atoms. The van der Waals surface area contributed by atoms with E-state index in [2.05, 4.69) is 34.6 Å². The van der Waals surface area contributed by atoms with E-state index in [9.17, 15) is 0 Å². The predicted molar refractivity (Wildman–Crippen MR) is 74.6 cm³/mol. The van der Waals surface area contributed by atoms with Crippen molar-refractivity contribution in [3.05, 3.63) is 36.5 Å². The molecule has 2 heteroatoms. The zero-order valence-corrected chi connectivity index (χ0v) is 10.5. The monoisotopic (exact) mass is 238 g/mol. The lowest BCUT2D eigenvalue weighted by molar-refractivity contribution is 0.568. The molecule has 0 atom stereocenters. The minimum absolute atomic E-state index is 0.692. The van der Waals surface area contributed by atoms with Crippen LogP contribution in [0.2, 0.25) is 0 Å². The normalized spacial score (nSPS) is 19.4. The Kier molecular flexibility index (Phi) is 2.29. The van der Waals surface area contributed by atoms with Crippen LogP contribution in [0, 0.1) is 11.8 Å². The first-order chi connectivity index (χ1) is 8.92. The summed E-state index contributed by atoms with van der Waals surface area (Å²) in [6, 6.07) is 11.3. The number of rotatable bonds is 4. The van der Waals surface area contributed by atoms with Gasteiger partial charge in [-0.05, 0) is 49.7 Å². The van der Waals surface area contributed by atoms with Crippen molar-refractivity contribution in [3.8, 4) is 0 Å². The topological polar surface area (TPSA) is 24.9 Å². The van der Waals surface area contributed by atoms with Gasteiger partial charge in [-0.1, -0.05) is 18.2 Å². The number of nitrogens with one attached hydrogen (secondary N) is 1. The molecule has 18 heavy (non-hydrogen) atoms. The smallest absolute Gasteiger partial charge is 0.0933 e. The van der Waals surface area contributed by atoms with Gasteiger partial charge in [0.05, 0.1) is 11.2 Å². The molecule has 2 nitrogen and oxygen atoms in total. The Morgan fingerprint density at radius 2 is 1.72 bits per heavy atom. The van der Waals surface area contributed by atoms with E-state index in [-0.39, 0.29) is 0 Å². The van der Waals surface area contributed by atoms with E-state index >= 15 is 0 Å². The van der Waals surface area contributed by atoms with E-state index in [0.717, 1.165) is 17.4 Å². The number of benzene rings is 1. The predicted octanol–water partition coefficient (Wildman–Crippen LogP) is 3.84. The lowest BCUT2D eigenvalue weighted by Crippen LogP contribution is -2.24. The van der Waals surface area contributed by atoms with Crippen molar-refractivity contribution >= 4 is 16.6 Å². The number of anilines is 1. The number of hydrogen-bond donors (Lipinski definition) is 1. The van der Waals surface area contributed by atoms with Crippen LogP contribution in [0.3, 0.4) is 0 Å². The van der Waals surface area contributed by atoms with Crippen LogP contribution in [0.5, 0.6) is 0 Å². The molecule has 2 aliphatic carbocycles. The van der Waals surface area contributed by atoms with Crippen molar-refractivity contribution < 1.29 is 0 Å². The van der Waals surface area contributed by atoms with Crippen LogP contribution in [-0.4, -0.2) is 11.0 Å². The Morgan fingerprint density at radius 1 is 1.00 bits per heavy atom. The maximum atomic E-state index is 4.53. The average Bonchev–Trinajstić information content (AvgIpc) is 3.29. The molecule has 4 rings (SSSR count). The standard InChI is InChI=1S/C16H18N2/c1-3-11-4-2-10-17-16(11)14(5-1)18-15(12-6-7-12)13-8-9-13/h1-5,10,12-13,15,18H,6-9H2. The van der Waals surface area contributed by atoms with Crippen molar-refractivity contribution in [2.75, 3.05) is 5.32 Å². The molecule has 2 fully saturated rings. The van der Waals surface area contributed by atoms with E-state index in [0.29, 0.717) is 6.04 Å². The molecule has 0 radical (unpaired) electrons.